The Hall–Kier alpha value is -2.07. The summed E-state index contributed by atoms with van der Waals surface area (Å²) in [5.74, 6) is 0.820. The molecule has 0 amide bonds. The molecular weight excluding hydrogens is 332 g/mol. The fourth-order valence-electron chi connectivity index (χ4n) is 3.80. The monoisotopic (exact) mass is 354 g/mol. The summed E-state index contributed by atoms with van der Waals surface area (Å²) in [6.07, 6.45) is 5.16. The van der Waals surface area contributed by atoms with Gasteiger partial charge in [0.05, 0.1) is 10.5 Å². The first kappa shape index (κ1) is 16.4. The summed E-state index contributed by atoms with van der Waals surface area (Å²) < 4.78 is 30.8. The minimum absolute atomic E-state index is 0.208. The highest BCUT2D eigenvalue weighted by Gasteiger charge is 2.40. The molecule has 2 bridgehead atoms. The summed E-state index contributed by atoms with van der Waals surface area (Å²) in [6.45, 7) is 0.531. The van der Waals surface area contributed by atoms with Crippen molar-refractivity contribution in [2.45, 2.75) is 42.8 Å². The Bertz CT molecular complexity index is 884. The van der Waals surface area contributed by atoms with Crippen LogP contribution in [0.4, 0.5) is 0 Å². The average Bonchev–Trinajstić information content (AvgIpc) is 2.60. The lowest BCUT2D eigenvalue weighted by Gasteiger charge is -2.33. The predicted molar refractivity (Wildman–Crippen MR) is 100 cm³/mol. The third kappa shape index (κ3) is 3.36. The average molecular weight is 354 g/mol. The van der Waals surface area contributed by atoms with Crippen molar-refractivity contribution in [2.24, 2.45) is 0 Å². The smallest absolute Gasteiger partial charge is 0.159 e. The molecule has 0 aromatic heterocycles. The molecule has 2 unspecified atom stereocenters. The van der Waals surface area contributed by atoms with Gasteiger partial charge in [0.15, 0.2) is 9.84 Å². The van der Waals surface area contributed by atoms with E-state index in [2.05, 4.69) is 6.07 Å². The molecule has 2 aromatic carbocycles. The van der Waals surface area contributed by atoms with Crippen LogP contribution in [0.1, 0.15) is 36.8 Å². The lowest BCUT2D eigenvalue weighted by Crippen LogP contribution is -2.38. The normalized spacial score (nSPS) is 24.4. The van der Waals surface area contributed by atoms with Gasteiger partial charge in [-0.3, -0.25) is 0 Å². The minimum atomic E-state index is -2.97. The van der Waals surface area contributed by atoms with Gasteiger partial charge in [0, 0.05) is 0 Å². The second-order valence-corrected chi connectivity index (χ2v) is 9.33. The number of benzene rings is 2. The van der Waals surface area contributed by atoms with Crippen LogP contribution in [-0.4, -0.2) is 18.9 Å². The van der Waals surface area contributed by atoms with Gasteiger partial charge in [-0.2, -0.15) is 0 Å². The number of hydrogen-bond acceptors (Lipinski definition) is 3. The fraction of sp³-hybridized carbons (Fsp3) is 0.333. The van der Waals surface area contributed by atoms with E-state index in [1.54, 1.807) is 0 Å². The second kappa shape index (κ2) is 6.68. The third-order valence-electron chi connectivity index (χ3n) is 5.19. The fourth-order valence-corrected chi connectivity index (χ4v) is 6.05. The van der Waals surface area contributed by atoms with Crippen LogP contribution in [0.25, 0.3) is 5.57 Å². The van der Waals surface area contributed by atoms with E-state index in [1.165, 1.54) is 0 Å². The molecule has 0 N–H and O–H groups in total. The summed E-state index contributed by atoms with van der Waals surface area (Å²) in [5, 5.41) is -0.510. The third-order valence-corrected chi connectivity index (χ3v) is 7.74. The van der Waals surface area contributed by atoms with Crippen molar-refractivity contribution in [3.8, 4) is 5.75 Å². The van der Waals surface area contributed by atoms with Gasteiger partial charge in [0.25, 0.3) is 0 Å². The van der Waals surface area contributed by atoms with Crippen molar-refractivity contribution >= 4 is 15.4 Å². The van der Waals surface area contributed by atoms with Crippen LogP contribution in [0.2, 0.25) is 0 Å². The largest absolute Gasteiger partial charge is 0.489 e. The first-order valence-electron chi connectivity index (χ1n) is 8.83. The Morgan fingerprint density at radius 1 is 1.00 bits per heavy atom. The van der Waals surface area contributed by atoms with Gasteiger partial charge in [0.2, 0.25) is 0 Å². The molecule has 4 rings (SSSR count). The van der Waals surface area contributed by atoms with Gasteiger partial charge in [-0.05, 0) is 48.1 Å². The highest BCUT2D eigenvalue weighted by Crippen LogP contribution is 2.39. The molecule has 0 aliphatic carbocycles. The standard InChI is InChI=1S/C21H22O3S/c22-25(23)20-10-5-11-21(25)14-18(13-20)17-8-4-9-19(12-17)24-15-16-6-2-1-3-7-16/h1-4,6-9,12-13,20-21H,5,10-11,14-15H2. The molecule has 2 aromatic rings. The number of allylic oxidation sites excluding steroid dienone is 1. The van der Waals surface area contributed by atoms with Crippen molar-refractivity contribution in [3.05, 3.63) is 71.8 Å². The van der Waals surface area contributed by atoms with Crippen LogP contribution in [0.5, 0.6) is 5.75 Å². The molecule has 2 atom stereocenters. The van der Waals surface area contributed by atoms with Crippen LogP contribution in [0.3, 0.4) is 0 Å². The highest BCUT2D eigenvalue weighted by atomic mass is 32.2. The van der Waals surface area contributed by atoms with Crippen LogP contribution >= 0.6 is 0 Å². The van der Waals surface area contributed by atoms with E-state index in [0.717, 1.165) is 41.7 Å². The predicted octanol–water partition coefficient (Wildman–Crippen LogP) is 4.39. The molecule has 2 aliphatic rings. The number of ether oxygens (including phenoxy) is 1. The zero-order chi connectivity index (χ0) is 17.3. The van der Waals surface area contributed by atoms with E-state index in [9.17, 15) is 8.42 Å². The van der Waals surface area contributed by atoms with E-state index in [4.69, 9.17) is 4.74 Å². The highest BCUT2D eigenvalue weighted by molar-refractivity contribution is 7.93. The van der Waals surface area contributed by atoms with Crippen LogP contribution in [-0.2, 0) is 16.4 Å². The second-order valence-electron chi connectivity index (χ2n) is 6.88. The van der Waals surface area contributed by atoms with E-state index in [1.807, 2.05) is 54.6 Å². The maximum absolute atomic E-state index is 12.4. The Morgan fingerprint density at radius 3 is 2.64 bits per heavy atom. The van der Waals surface area contributed by atoms with Gasteiger partial charge < -0.3 is 4.74 Å². The molecule has 0 spiro atoms. The Labute approximate surface area is 149 Å². The lowest BCUT2D eigenvalue weighted by molar-refractivity contribution is 0.306. The number of hydrogen-bond donors (Lipinski definition) is 0. The summed E-state index contributed by atoms with van der Waals surface area (Å²) in [5.41, 5.74) is 3.36. The van der Waals surface area contributed by atoms with Crippen LogP contribution in [0.15, 0.2) is 60.7 Å². The molecule has 0 radical (unpaired) electrons. The van der Waals surface area contributed by atoms with Crippen molar-refractivity contribution in [1.82, 2.24) is 0 Å². The van der Waals surface area contributed by atoms with E-state index < -0.39 is 9.84 Å². The summed E-state index contributed by atoms with van der Waals surface area (Å²) in [4.78, 5) is 0. The SMILES string of the molecule is O=S1(=O)C2C=C(c3cccc(OCc4ccccc4)c3)CC1CCC2. The zero-order valence-electron chi connectivity index (χ0n) is 14.1. The van der Waals surface area contributed by atoms with Gasteiger partial charge in [-0.25, -0.2) is 8.42 Å². The molecule has 1 saturated heterocycles. The van der Waals surface area contributed by atoms with Crippen molar-refractivity contribution in [1.29, 1.82) is 0 Å². The molecule has 0 saturated carbocycles. The van der Waals surface area contributed by atoms with E-state index in [0.29, 0.717) is 13.0 Å². The number of sulfone groups is 1. The van der Waals surface area contributed by atoms with Crippen LogP contribution in [0, 0.1) is 0 Å². The molecule has 2 heterocycles. The maximum atomic E-state index is 12.4. The Kier molecular flexibility index (Phi) is 4.38. The van der Waals surface area contributed by atoms with E-state index in [-0.39, 0.29) is 10.5 Å². The van der Waals surface area contributed by atoms with Gasteiger partial charge in [0.1, 0.15) is 12.4 Å². The Morgan fingerprint density at radius 2 is 1.84 bits per heavy atom. The quantitative estimate of drug-likeness (QED) is 0.818. The zero-order valence-corrected chi connectivity index (χ0v) is 14.9. The molecule has 4 heteroatoms. The topological polar surface area (TPSA) is 43.4 Å². The maximum Gasteiger partial charge on any atom is 0.159 e. The van der Waals surface area contributed by atoms with Gasteiger partial charge in [-0.15, -0.1) is 0 Å². The van der Waals surface area contributed by atoms with E-state index >= 15 is 0 Å². The number of rotatable bonds is 4. The molecule has 3 nitrogen and oxygen atoms in total. The molecule has 1 fully saturated rings. The first-order chi connectivity index (χ1) is 12.1. The first-order valence-corrected chi connectivity index (χ1v) is 10.4. The Balaban J connectivity index is 1.55. The van der Waals surface area contributed by atoms with Gasteiger partial charge in [-0.1, -0.05) is 55.0 Å². The number of fused-ring (bicyclic) bond motifs is 2. The summed E-state index contributed by atoms with van der Waals surface area (Å²) in [6, 6.07) is 18.1. The molecule has 25 heavy (non-hydrogen) atoms. The van der Waals surface area contributed by atoms with Crippen molar-refractivity contribution in [3.63, 3.8) is 0 Å². The van der Waals surface area contributed by atoms with Crippen molar-refractivity contribution < 1.29 is 13.2 Å². The van der Waals surface area contributed by atoms with Crippen LogP contribution < -0.4 is 4.74 Å². The molecule has 2 aliphatic heterocycles. The summed E-state index contributed by atoms with van der Waals surface area (Å²) >= 11 is 0. The molecular formula is C21H22O3S. The van der Waals surface area contributed by atoms with Crippen molar-refractivity contribution in [2.75, 3.05) is 0 Å². The molecule has 130 valence electrons. The summed E-state index contributed by atoms with van der Waals surface area (Å²) in [7, 11) is -2.97. The minimum Gasteiger partial charge on any atom is -0.489 e. The van der Waals surface area contributed by atoms with Gasteiger partial charge >= 0.3 is 0 Å². The lowest BCUT2D eigenvalue weighted by atomic mass is 9.93.